The highest BCUT2D eigenvalue weighted by Crippen LogP contribution is 2.34. The van der Waals surface area contributed by atoms with Gasteiger partial charge in [0.1, 0.15) is 18.5 Å². The van der Waals surface area contributed by atoms with Crippen LogP contribution < -0.4 is 0 Å². The summed E-state index contributed by atoms with van der Waals surface area (Å²) in [5, 5.41) is 7.97. The summed E-state index contributed by atoms with van der Waals surface area (Å²) in [6.45, 7) is 4.11. The number of hydrogen-bond donors (Lipinski definition) is 0. The number of aromatic nitrogens is 3. The lowest BCUT2D eigenvalue weighted by Crippen LogP contribution is -2.12. The van der Waals surface area contributed by atoms with Gasteiger partial charge < -0.3 is 0 Å². The second-order valence-electron chi connectivity index (χ2n) is 4.17. The van der Waals surface area contributed by atoms with Crippen molar-refractivity contribution >= 4 is 17.3 Å². The number of halogens is 1. The molecule has 1 heterocycles. The lowest BCUT2D eigenvalue weighted by atomic mass is 10.0. The van der Waals surface area contributed by atoms with Crippen LogP contribution in [-0.2, 0) is 4.75 Å². The summed E-state index contributed by atoms with van der Waals surface area (Å²) in [4.78, 5) is 5.17. The molecular formula is C12H13FN4S. The van der Waals surface area contributed by atoms with Crippen LogP contribution >= 0.6 is 11.8 Å². The van der Waals surface area contributed by atoms with Crippen molar-refractivity contribution in [2.75, 3.05) is 0 Å². The number of hydrogen-bond acceptors (Lipinski definition) is 4. The third-order valence-electron chi connectivity index (χ3n) is 2.46. The van der Waals surface area contributed by atoms with E-state index in [1.165, 1.54) is 41.3 Å². The van der Waals surface area contributed by atoms with E-state index in [1.807, 2.05) is 0 Å². The Bertz CT molecular complexity index is 520. The fraction of sp³-hybridized carbons (Fsp3) is 0.250. The van der Waals surface area contributed by atoms with Gasteiger partial charge in [0.2, 0.25) is 0 Å². The van der Waals surface area contributed by atoms with E-state index in [1.54, 1.807) is 17.7 Å². The van der Waals surface area contributed by atoms with Gasteiger partial charge in [-0.3, -0.25) is 0 Å². The molecule has 0 atom stereocenters. The Kier molecular flexibility index (Phi) is 3.76. The summed E-state index contributed by atoms with van der Waals surface area (Å²) in [6.07, 6.45) is 2.94. The molecule has 0 amide bonds. The van der Waals surface area contributed by atoms with Crippen molar-refractivity contribution in [3.63, 3.8) is 0 Å². The molecule has 0 N–H and O–H groups in total. The van der Waals surface area contributed by atoms with Crippen LogP contribution in [0.25, 0.3) is 0 Å². The van der Waals surface area contributed by atoms with E-state index >= 15 is 0 Å². The first-order valence-electron chi connectivity index (χ1n) is 5.39. The minimum atomic E-state index is -0.226. The van der Waals surface area contributed by atoms with Gasteiger partial charge in [-0.15, -0.1) is 21.7 Å². The summed E-state index contributed by atoms with van der Waals surface area (Å²) >= 11 is 1.53. The molecule has 0 radical (unpaired) electrons. The van der Waals surface area contributed by atoms with E-state index < -0.39 is 0 Å². The Hall–Kier alpha value is -1.69. The molecule has 0 aliphatic heterocycles. The van der Waals surface area contributed by atoms with Gasteiger partial charge in [-0.05, 0) is 31.5 Å². The molecule has 1 aromatic carbocycles. The SMILES string of the molecule is CC(C)(SC=Nn1cncn1)c1ccc(F)cc1. The Morgan fingerprint density at radius 3 is 2.67 bits per heavy atom. The normalized spacial score (nSPS) is 12.2. The van der Waals surface area contributed by atoms with Crippen molar-refractivity contribution < 1.29 is 4.39 Å². The molecule has 0 saturated heterocycles. The van der Waals surface area contributed by atoms with Crippen LogP contribution in [0.2, 0.25) is 0 Å². The maximum absolute atomic E-state index is 12.9. The minimum Gasteiger partial charge on any atom is -0.221 e. The fourth-order valence-corrected chi connectivity index (χ4v) is 2.06. The van der Waals surface area contributed by atoms with Crippen molar-refractivity contribution in [2.24, 2.45) is 5.10 Å². The van der Waals surface area contributed by atoms with Crippen LogP contribution in [0.4, 0.5) is 4.39 Å². The monoisotopic (exact) mass is 264 g/mol. The first-order valence-corrected chi connectivity index (χ1v) is 6.27. The summed E-state index contributed by atoms with van der Waals surface area (Å²) < 4.78 is 12.7. The van der Waals surface area contributed by atoms with Gasteiger partial charge in [0.05, 0.1) is 5.55 Å². The molecule has 4 nitrogen and oxygen atoms in total. The van der Waals surface area contributed by atoms with Crippen LogP contribution in [0, 0.1) is 5.82 Å². The molecule has 6 heteroatoms. The topological polar surface area (TPSA) is 43.1 Å². The Morgan fingerprint density at radius 1 is 1.33 bits per heavy atom. The van der Waals surface area contributed by atoms with E-state index in [-0.39, 0.29) is 10.6 Å². The zero-order valence-electron chi connectivity index (χ0n) is 10.1. The second-order valence-corrected chi connectivity index (χ2v) is 5.64. The quantitative estimate of drug-likeness (QED) is 0.630. The van der Waals surface area contributed by atoms with E-state index in [2.05, 4.69) is 29.0 Å². The van der Waals surface area contributed by atoms with Gasteiger partial charge in [0, 0.05) is 4.75 Å². The molecule has 0 spiro atoms. The van der Waals surface area contributed by atoms with Gasteiger partial charge in [0.25, 0.3) is 0 Å². The van der Waals surface area contributed by atoms with Crippen LogP contribution in [0.5, 0.6) is 0 Å². The molecule has 0 aliphatic rings. The van der Waals surface area contributed by atoms with Crippen LogP contribution in [-0.4, -0.2) is 20.4 Å². The summed E-state index contributed by atoms with van der Waals surface area (Å²) in [5.74, 6) is -0.226. The van der Waals surface area contributed by atoms with E-state index in [9.17, 15) is 4.39 Å². The molecule has 18 heavy (non-hydrogen) atoms. The van der Waals surface area contributed by atoms with Gasteiger partial charge in [0.15, 0.2) is 0 Å². The summed E-state index contributed by atoms with van der Waals surface area (Å²) in [5.41, 5.74) is 2.75. The van der Waals surface area contributed by atoms with Crippen LogP contribution in [0.3, 0.4) is 0 Å². The highest BCUT2D eigenvalue weighted by molar-refractivity contribution is 8.12. The lowest BCUT2D eigenvalue weighted by Gasteiger charge is -2.22. The molecule has 0 bridgehead atoms. The Labute approximate surface area is 109 Å². The fourth-order valence-electron chi connectivity index (χ4n) is 1.38. The predicted molar refractivity (Wildman–Crippen MR) is 70.9 cm³/mol. The number of rotatable bonds is 4. The van der Waals surface area contributed by atoms with Crippen LogP contribution in [0.1, 0.15) is 19.4 Å². The predicted octanol–water partition coefficient (Wildman–Crippen LogP) is 2.88. The van der Waals surface area contributed by atoms with Crippen molar-refractivity contribution in [2.45, 2.75) is 18.6 Å². The molecule has 0 fully saturated rings. The molecule has 94 valence electrons. The van der Waals surface area contributed by atoms with Crippen molar-refractivity contribution in [1.82, 2.24) is 14.9 Å². The zero-order valence-corrected chi connectivity index (χ0v) is 10.9. The number of benzene rings is 1. The van der Waals surface area contributed by atoms with E-state index in [0.29, 0.717) is 0 Å². The third kappa shape index (κ3) is 3.16. The molecule has 0 saturated carbocycles. The second kappa shape index (κ2) is 5.30. The highest BCUT2D eigenvalue weighted by Gasteiger charge is 2.20. The lowest BCUT2D eigenvalue weighted by molar-refractivity contribution is 0.625. The average molecular weight is 264 g/mol. The first-order chi connectivity index (χ1) is 8.58. The summed E-state index contributed by atoms with van der Waals surface area (Å²) in [7, 11) is 0. The molecule has 2 rings (SSSR count). The van der Waals surface area contributed by atoms with Gasteiger partial charge >= 0.3 is 0 Å². The van der Waals surface area contributed by atoms with Gasteiger partial charge in [-0.2, -0.15) is 5.10 Å². The molecule has 0 unspecified atom stereocenters. The molecular weight excluding hydrogens is 251 g/mol. The minimum absolute atomic E-state index is 0.183. The Balaban J connectivity index is 2.05. The maximum atomic E-state index is 12.9. The largest absolute Gasteiger partial charge is 0.221 e. The smallest absolute Gasteiger partial charge is 0.139 e. The third-order valence-corrected chi connectivity index (χ3v) is 3.48. The number of thioether (sulfide) groups is 1. The maximum Gasteiger partial charge on any atom is 0.139 e. The van der Waals surface area contributed by atoms with Crippen molar-refractivity contribution in [1.29, 1.82) is 0 Å². The first kappa shape index (κ1) is 12.8. The van der Waals surface area contributed by atoms with Crippen molar-refractivity contribution in [3.8, 4) is 0 Å². The Morgan fingerprint density at radius 2 is 2.06 bits per heavy atom. The van der Waals surface area contributed by atoms with E-state index in [4.69, 9.17) is 0 Å². The number of nitrogens with zero attached hydrogens (tertiary/aromatic N) is 4. The molecule has 0 aliphatic carbocycles. The summed E-state index contributed by atoms with van der Waals surface area (Å²) in [6, 6.07) is 6.50. The van der Waals surface area contributed by atoms with Crippen LogP contribution in [0.15, 0.2) is 42.0 Å². The van der Waals surface area contributed by atoms with Gasteiger partial charge in [-0.25, -0.2) is 9.37 Å². The zero-order chi connectivity index (χ0) is 13.0. The van der Waals surface area contributed by atoms with E-state index in [0.717, 1.165) is 5.56 Å². The molecule has 2 aromatic rings. The van der Waals surface area contributed by atoms with Crippen molar-refractivity contribution in [3.05, 3.63) is 48.3 Å². The molecule has 1 aromatic heterocycles. The highest BCUT2D eigenvalue weighted by atomic mass is 32.2. The average Bonchev–Trinajstić information content (AvgIpc) is 2.82. The standard InChI is InChI=1S/C12H13FN4S/c1-12(2,10-3-5-11(13)6-4-10)18-9-16-17-8-14-7-15-17/h3-9H,1-2H3. The van der Waals surface area contributed by atoms with Gasteiger partial charge in [-0.1, -0.05) is 12.1 Å².